The summed E-state index contributed by atoms with van der Waals surface area (Å²) in [6.45, 7) is 23.6. The van der Waals surface area contributed by atoms with Crippen LogP contribution in [0.3, 0.4) is 0 Å². The van der Waals surface area contributed by atoms with Crippen molar-refractivity contribution in [1.29, 1.82) is 0 Å². The summed E-state index contributed by atoms with van der Waals surface area (Å²) in [5, 5.41) is 6.08. The second kappa shape index (κ2) is 35.4. The molecule has 428 valence electrons. The van der Waals surface area contributed by atoms with Gasteiger partial charge in [-0.2, -0.15) is 11.1 Å². The van der Waals surface area contributed by atoms with Crippen molar-refractivity contribution in [3.8, 4) is 0 Å². The molecular formula is C57H111ClN6O8Si. The highest BCUT2D eigenvalue weighted by Gasteiger charge is 2.66. The van der Waals surface area contributed by atoms with E-state index in [9.17, 15) is 9.59 Å². The monoisotopic (exact) mass is 1070 g/mol. The Morgan fingerprint density at radius 2 is 1.30 bits per heavy atom. The second-order valence-corrected chi connectivity index (χ2v) is 30.7. The number of urea groups is 1. The highest BCUT2D eigenvalue weighted by Crippen LogP contribution is 2.69. The molecule has 0 aromatic heterocycles. The molecule has 4 aliphatic rings. The molecule has 16 heteroatoms. The van der Waals surface area contributed by atoms with Crippen molar-refractivity contribution in [3.63, 3.8) is 0 Å². The number of hydrogen-bond donors (Lipinski definition) is 5. The van der Waals surface area contributed by atoms with Crippen molar-refractivity contribution in [3.05, 3.63) is 0 Å². The predicted molar refractivity (Wildman–Crippen MR) is 300 cm³/mol. The maximum absolute atomic E-state index is 13.8. The minimum absolute atomic E-state index is 0.00628. The number of carbonyl (C=O) groups excluding carboxylic acids is 2. The Morgan fingerprint density at radius 3 is 1.97 bits per heavy atom. The fourth-order valence-corrected chi connectivity index (χ4v) is 15.4. The summed E-state index contributed by atoms with van der Waals surface area (Å²) in [4.78, 5) is 27.9. The van der Waals surface area contributed by atoms with Gasteiger partial charge >= 0.3 is 6.03 Å². The van der Waals surface area contributed by atoms with Crippen LogP contribution in [0.15, 0.2) is 0 Å². The zero-order valence-corrected chi connectivity index (χ0v) is 49.1. The highest BCUT2D eigenvalue weighted by atomic mass is 35.6. The van der Waals surface area contributed by atoms with Crippen LogP contribution in [-0.2, 0) is 33.2 Å². The van der Waals surface area contributed by atoms with Crippen LogP contribution in [0.1, 0.15) is 163 Å². The molecule has 5 unspecified atom stereocenters. The van der Waals surface area contributed by atoms with Crippen LogP contribution in [0.5, 0.6) is 0 Å². The van der Waals surface area contributed by atoms with Gasteiger partial charge in [-0.3, -0.25) is 4.79 Å². The molecule has 0 heterocycles. The Balaban J connectivity index is 1.27. The van der Waals surface area contributed by atoms with Gasteiger partial charge in [0.1, 0.15) is 7.38 Å². The average Bonchev–Trinajstić information content (AvgIpc) is 3.72. The van der Waals surface area contributed by atoms with Gasteiger partial charge < -0.3 is 61.2 Å². The lowest BCUT2D eigenvalue weighted by Crippen LogP contribution is -2.63. The first-order valence-electron chi connectivity index (χ1n) is 29.9. The number of rotatable bonds is 41. The highest BCUT2D eigenvalue weighted by molar-refractivity contribution is 7.19. The number of halogens is 1. The van der Waals surface area contributed by atoms with Crippen molar-refractivity contribution in [2.75, 3.05) is 105 Å². The molecule has 0 spiro atoms. The largest absolute Gasteiger partial charge is 0.378 e. The number of nitrogens with zero attached hydrogens (tertiary/aromatic N) is 1. The third-order valence-electron chi connectivity index (χ3n) is 17.9. The van der Waals surface area contributed by atoms with Gasteiger partial charge in [0.25, 0.3) is 0 Å². The molecule has 0 aromatic rings. The summed E-state index contributed by atoms with van der Waals surface area (Å²) < 4.78 is 37.7. The van der Waals surface area contributed by atoms with Gasteiger partial charge in [0.05, 0.1) is 58.0 Å². The van der Waals surface area contributed by atoms with E-state index in [4.69, 9.17) is 56.7 Å². The van der Waals surface area contributed by atoms with Gasteiger partial charge in [0, 0.05) is 57.8 Å². The summed E-state index contributed by atoms with van der Waals surface area (Å²) >= 11 is 6.37. The number of unbranched alkanes of at least 4 members (excludes halogenated alkanes) is 6. The van der Waals surface area contributed by atoms with E-state index < -0.39 is 7.38 Å². The van der Waals surface area contributed by atoms with E-state index in [1.807, 2.05) is 0 Å². The molecular weight excluding hydrogens is 960 g/mol. The molecule has 4 rings (SSSR count). The molecule has 8 N–H and O–H groups in total. The summed E-state index contributed by atoms with van der Waals surface area (Å²) in [6.07, 6.45) is 23.1. The molecule has 0 saturated heterocycles. The fraction of sp³-hybridized carbons (Fsp3) is 0.965. The summed E-state index contributed by atoms with van der Waals surface area (Å²) in [5.74, 6) is 3.25. The molecule has 4 saturated carbocycles. The van der Waals surface area contributed by atoms with Crippen molar-refractivity contribution in [2.24, 2.45) is 63.5 Å². The first kappa shape index (κ1) is 64.4. The van der Waals surface area contributed by atoms with Crippen molar-refractivity contribution in [2.45, 2.75) is 200 Å². The Morgan fingerprint density at radius 1 is 0.685 bits per heavy atom. The molecule has 73 heavy (non-hydrogen) atoms. The number of nitrogens with two attached hydrogens (primary N) is 3. The predicted octanol–water partition coefficient (Wildman–Crippen LogP) is 9.64. The van der Waals surface area contributed by atoms with Gasteiger partial charge in [-0.15, -0.1) is 0 Å². The summed E-state index contributed by atoms with van der Waals surface area (Å²) in [6, 6.07) is 1.04. The van der Waals surface area contributed by atoms with Crippen LogP contribution in [0.25, 0.3) is 0 Å². The van der Waals surface area contributed by atoms with Crippen LogP contribution < -0.4 is 27.8 Å². The summed E-state index contributed by atoms with van der Waals surface area (Å²) in [7, 11) is -1.56. The van der Waals surface area contributed by atoms with E-state index in [0.29, 0.717) is 127 Å². The molecule has 0 radical (unpaired) electrons. The first-order valence-corrected chi connectivity index (χ1v) is 34.1. The van der Waals surface area contributed by atoms with E-state index in [-0.39, 0.29) is 35.0 Å². The maximum Gasteiger partial charge on any atom is 0.317 e. The van der Waals surface area contributed by atoms with Crippen molar-refractivity contribution in [1.82, 2.24) is 15.5 Å². The van der Waals surface area contributed by atoms with Crippen LogP contribution in [-0.4, -0.2) is 148 Å². The number of fused-ring (bicyclic) bond motifs is 5. The van der Waals surface area contributed by atoms with E-state index in [2.05, 4.69) is 56.3 Å². The van der Waals surface area contributed by atoms with Crippen LogP contribution in [0.4, 0.5) is 4.79 Å². The Kier molecular flexibility index (Phi) is 31.2. The van der Waals surface area contributed by atoms with Gasteiger partial charge in [0.2, 0.25) is 5.91 Å². The van der Waals surface area contributed by atoms with Crippen LogP contribution >= 0.6 is 11.1 Å². The Labute approximate surface area is 450 Å². The SMILES string of the molecule is CCCCCCCCN(CCC[C@@H](C)C1CC[C@H]2C3[C@H](OCCCN)CC4C[C@H](OCCCN)CCC4(C)[C@H]3C[C@H](OCCCN)C12C)C(=O)NCCOCCOCCOCCNC(=O)CCCC[Si](C)(C)Cl. The lowest BCUT2D eigenvalue weighted by Gasteiger charge is -2.65. The minimum Gasteiger partial charge on any atom is -0.378 e. The number of ether oxygens (including phenoxy) is 6. The standard InChI is InChI=1S/C57H111ClN6O8Si/c1-7-8-9-10-11-13-30-64(55(66)63-29-36-68-38-40-69-39-37-67-35-28-62-53(65)20-12-14-41-73(5,6)58)31-15-19-45(2)48-21-22-49-54-50(44-52(57(48,49)4)72-34-18-27-61)56(3)24-23-47(70-32-16-25-59)42-46(56)43-51(54)71-33-17-26-60/h45-52,54H,7-44,59-61H2,1-6H3,(H,62,65)(H,63,66)/t45-,46?,47-,48?,49+,50+,51-,52+,54?,56?,57?/m1/s1. The molecule has 11 atom stereocenters. The zero-order valence-electron chi connectivity index (χ0n) is 47.4. The maximum atomic E-state index is 13.8. The van der Waals surface area contributed by atoms with Crippen LogP contribution in [0, 0.1) is 46.3 Å². The first-order chi connectivity index (χ1) is 35.2. The normalized spacial score (nSPS) is 28.3. The lowest BCUT2D eigenvalue weighted by atomic mass is 9.43. The van der Waals surface area contributed by atoms with Gasteiger partial charge in [-0.25, -0.2) is 4.79 Å². The zero-order chi connectivity index (χ0) is 53.0. The number of nitrogens with one attached hydrogen (secondary N) is 2. The molecule has 0 aliphatic heterocycles. The average molecular weight is 1070 g/mol. The summed E-state index contributed by atoms with van der Waals surface area (Å²) in [5.41, 5.74) is 18.2. The molecule has 4 aliphatic carbocycles. The topological polar surface area (TPSA) is 195 Å². The second-order valence-electron chi connectivity index (χ2n) is 23.7. The van der Waals surface area contributed by atoms with E-state index >= 15 is 0 Å². The van der Waals surface area contributed by atoms with Crippen LogP contribution in [0.2, 0.25) is 19.1 Å². The molecule has 0 aromatic carbocycles. The number of carbonyl (C=O) groups is 2. The van der Waals surface area contributed by atoms with Crippen molar-refractivity contribution >= 4 is 30.4 Å². The molecule has 3 amide bonds. The minimum atomic E-state index is -1.56. The number of amides is 3. The molecule has 0 bridgehead atoms. The van der Waals surface area contributed by atoms with Gasteiger partial charge in [-0.1, -0.05) is 79.3 Å². The third kappa shape index (κ3) is 21.6. The molecule has 14 nitrogen and oxygen atoms in total. The van der Waals surface area contributed by atoms with E-state index in [1.165, 1.54) is 44.9 Å². The van der Waals surface area contributed by atoms with Crippen molar-refractivity contribution < 1.29 is 38.0 Å². The van der Waals surface area contributed by atoms with Gasteiger partial charge in [0.15, 0.2) is 0 Å². The number of hydrogen-bond acceptors (Lipinski definition) is 11. The molecule has 4 fully saturated rings. The van der Waals surface area contributed by atoms with E-state index in [1.54, 1.807) is 0 Å². The van der Waals surface area contributed by atoms with Gasteiger partial charge in [-0.05, 0) is 156 Å². The quantitative estimate of drug-likeness (QED) is 0.0222. The van der Waals surface area contributed by atoms with E-state index in [0.717, 1.165) is 116 Å². The third-order valence-corrected chi connectivity index (χ3v) is 20.0. The Bertz CT molecular complexity index is 1490. The smallest absolute Gasteiger partial charge is 0.317 e. The fourth-order valence-electron chi connectivity index (χ4n) is 13.9. The lowest BCUT2D eigenvalue weighted by molar-refractivity contribution is -0.227. The Hall–Kier alpha value is -1.11.